The number of carbonyl (C=O) groups excluding carboxylic acids is 1. The summed E-state index contributed by atoms with van der Waals surface area (Å²) in [4.78, 5) is 13.4. The van der Waals surface area contributed by atoms with Crippen molar-refractivity contribution >= 4 is 29.0 Å². The van der Waals surface area contributed by atoms with Gasteiger partial charge in [-0.2, -0.15) is 0 Å². The molecule has 1 aromatic heterocycles. The van der Waals surface area contributed by atoms with E-state index < -0.39 is 0 Å². The third-order valence-electron chi connectivity index (χ3n) is 2.93. The van der Waals surface area contributed by atoms with Crippen LogP contribution in [-0.2, 0) is 6.54 Å². The van der Waals surface area contributed by atoms with E-state index in [1.54, 1.807) is 24.0 Å². The van der Waals surface area contributed by atoms with Gasteiger partial charge < -0.3 is 15.6 Å². The molecular formula is C15H19N3OS. The predicted molar refractivity (Wildman–Crippen MR) is 85.3 cm³/mol. The summed E-state index contributed by atoms with van der Waals surface area (Å²) in [6.07, 6.45) is 1.78. The van der Waals surface area contributed by atoms with E-state index in [4.69, 9.17) is 5.73 Å². The Bertz CT molecular complexity index is 607. The van der Waals surface area contributed by atoms with Gasteiger partial charge in [-0.3, -0.25) is 4.79 Å². The highest BCUT2D eigenvalue weighted by Crippen LogP contribution is 2.27. The first kappa shape index (κ1) is 14.5. The van der Waals surface area contributed by atoms with Gasteiger partial charge in [-0.1, -0.05) is 19.1 Å². The summed E-state index contributed by atoms with van der Waals surface area (Å²) in [6.45, 7) is 4.79. The van der Waals surface area contributed by atoms with Gasteiger partial charge in [0.05, 0.1) is 11.4 Å². The van der Waals surface area contributed by atoms with Crippen molar-refractivity contribution in [2.45, 2.75) is 25.3 Å². The average Bonchev–Trinajstić information content (AvgIpc) is 2.82. The lowest BCUT2D eigenvalue weighted by molar-refractivity contribution is 0.101. The fourth-order valence-corrected chi connectivity index (χ4v) is 2.78. The summed E-state index contributed by atoms with van der Waals surface area (Å²) in [5.74, 6) is 0.832. The minimum Gasteiger partial charge on any atom is -0.397 e. The highest BCUT2D eigenvalue weighted by Gasteiger charge is 2.13. The minimum atomic E-state index is -0.132. The van der Waals surface area contributed by atoms with E-state index in [1.165, 1.54) is 0 Å². The van der Waals surface area contributed by atoms with Crippen LogP contribution in [0.3, 0.4) is 0 Å². The van der Waals surface area contributed by atoms with E-state index in [1.807, 2.05) is 35.8 Å². The zero-order chi connectivity index (χ0) is 14.5. The first-order valence-corrected chi connectivity index (χ1v) is 7.63. The summed E-state index contributed by atoms with van der Waals surface area (Å²) < 4.78 is 1.85. The Balaban J connectivity index is 2.23. The number of carbonyl (C=O) groups is 1. The minimum absolute atomic E-state index is 0.132. The first-order valence-electron chi connectivity index (χ1n) is 6.64. The van der Waals surface area contributed by atoms with Gasteiger partial charge in [-0.25, -0.2) is 0 Å². The fraction of sp³-hybridized carbons (Fsp3) is 0.267. The second kappa shape index (κ2) is 6.52. The smallest absolute Gasteiger partial charge is 0.272 e. The zero-order valence-electron chi connectivity index (χ0n) is 11.7. The number of amides is 1. The van der Waals surface area contributed by atoms with E-state index in [-0.39, 0.29) is 5.91 Å². The van der Waals surface area contributed by atoms with Crippen LogP contribution in [0.1, 0.15) is 24.3 Å². The van der Waals surface area contributed by atoms with Crippen molar-refractivity contribution in [3.8, 4) is 0 Å². The number of hydrogen-bond acceptors (Lipinski definition) is 3. The summed E-state index contributed by atoms with van der Waals surface area (Å²) >= 11 is 1.71. The van der Waals surface area contributed by atoms with Crippen LogP contribution in [0.25, 0.3) is 0 Å². The molecule has 4 nitrogen and oxygen atoms in total. The molecule has 20 heavy (non-hydrogen) atoms. The maximum atomic E-state index is 12.4. The number of para-hydroxylation sites is 1. The standard InChI is InChI=1S/C15H19N3OS/c1-3-18-10-11(16)9-13(18)15(19)17-12-7-5-6-8-14(12)20-4-2/h5-10H,3-4,16H2,1-2H3,(H,17,19). The molecule has 0 saturated heterocycles. The number of nitrogens with zero attached hydrogens (tertiary/aromatic N) is 1. The van der Waals surface area contributed by atoms with Crippen LogP contribution >= 0.6 is 11.8 Å². The molecule has 106 valence electrons. The summed E-state index contributed by atoms with van der Waals surface area (Å²) in [5, 5.41) is 2.96. The molecule has 0 aliphatic heterocycles. The van der Waals surface area contributed by atoms with Gasteiger partial charge in [0.15, 0.2) is 0 Å². The molecule has 2 aromatic rings. The van der Waals surface area contributed by atoms with Crippen LogP contribution in [0.4, 0.5) is 11.4 Å². The van der Waals surface area contributed by atoms with Gasteiger partial charge in [0, 0.05) is 17.6 Å². The van der Waals surface area contributed by atoms with E-state index >= 15 is 0 Å². The lowest BCUT2D eigenvalue weighted by atomic mass is 10.3. The van der Waals surface area contributed by atoms with Gasteiger partial charge in [0.1, 0.15) is 5.69 Å². The number of aryl methyl sites for hydroxylation is 1. The maximum absolute atomic E-state index is 12.4. The molecule has 0 radical (unpaired) electrons. The largest absolute Gasteiger partial charge is 0.397 e. The van der Waals surface area contributed by atoms with Crippen LogP contribution < -0.4 is 11.1 Å². The number of anilines is 2. The van der Waals surface area contributed by atoms with Gasteiger partial charge in [0.25, 0.3) is 5.91 Å². The van der Waals surface area contributed by atoms with Gasteiger partial charge in [-0.15, -0.1) is 11.8 Å². The number of hydrogen-bond donors (Lipinski definition) is 2. The molecule has 1 aromatic carbocycles. The van der Waals surface area contributed by atoms with Crippen molar-refractivity contribution in [1.29, 1.82) is 0 Å². The Morgan fingerprint density at radius 3 is 2.80 bits per heavy atom. The van der Waals surface area contributed by atoms with E-state index in [9.17, 15) is 4.79 Å². The molecule has 0 bridgehead atoms. The number of rotatable bonds is 5. The SMILES string of the molecule is CCSc1ccccc1NC(=O)c1cc(N)cn1CC. The zero-order valence-corrected chi connectivity index (χ0v) is 12.5. The molecule has 0 atom stereocenters. The number of thioether (sulfide) groups is 1. The van der Waals surface area contributed by atoms with Crippen molar-refractivity contribution < 1.29 is 4.79 Å². The molecule has 3 N–H and O–H groups in total. The van der Waals surface area contributed by atoms with Crippen molar-refractivity contribution in [3.63, 3.8) is 0 Å². The van der Waals surface area contributed by atoms with Crippen molar-refractivity contribution in [3.05, 3.63) is 42.2 Å². The highest BCUT2D eigenvalue weighted by atomic mass is 32.2. The van der Waals surface area contributed by atoms with Gasteiger partial charge >= 0.3 is 0 Å². The summed E-state index contributed by atoms with van der Waals surface area (Å²) in [7, 11) is 0. The molecule has 1 amide bonds. The van der Waals surface area contributed by atoms with Crippen molar-refractivity contribution in [2.24, 2.45) is 0 Å². The second-order valence-electron chi connectivity index (χ2n) is 4.33. The normalized spacial score (nSPS) is 10.5. The number of nitrogens with one attached hydrogen (secondary N) is 1. The second-order valence-corrected chi connectivity index (χ2v) is 5.63. The van der Waals surface area contributed by atoms with Crippen LogP contribution in [0.2, 0.25) is 0 Å². The van der Waals surface area contributed by atoms with Gasteiger partial charge in [-0.05, 0) is 30.9 Å². The lowest BCUT2D eigenvalue weighted by Gasteiger charge is -2.11. The molecule has 1 heterocycles. The Kier molecular flexibility index (Phi) is 4.74. The van der Waals surface area contributed by atoms with Crippen LogP contribution in [0.15, 0.2) is 41.4 Å². The third-order valence-corrected chi connectivity index (χ3v) is 3.88. The number of nitrogens with two attached hydrogens (primary N) is 1. The number of benzene rings is 1. The van der Waals surface area contributed by atoms with E-state index in [0.29, 0.717) is 17.9 Å². The first-order chi connectivity index (χ1) is 9.65. The van der Waals surface area contributed by atoms with E-state index in [2.05, 4.69) is 12.2 Å². The summed E-state index contributed by atoms with van der Waals surface area (Å²) in [6, 6.07) is 9.52. The monoisotopic (exact) mass is 289 g/mol. The maximum Gasteiger partial charge on any atom is 0.272 e. The molecule has 0 unspecified atom stereocenters. The Morgan fingerprint density at radius 1 is 1.35 bits per heavy atom. The molecule has 0 fully saturated rings. The third kappa shape index (κ3) is 3.17. The summed E-state index contributed by atoms with van der Waals surface area (Å²) in [5.41, 5.74) is 7.79. The Labute approximate surface area is 123 Å². The highest BCUT2D eigenvalue weighted by molar-refractivity contribution is 7.99. The topological polar surface area (TPSA) is 60.1 Å². The Hall–Kier alpha value is -1.88. The molecular weight excluding hydrogens is 270 g/mol. The predicted octanol–water partition coefficient (Wildman–Crippen LogP) is 3.45. The molecule has 0 aliphatic rings. The molecule has 0 aliphatic carbocycles. The molecule has 0 saturated carbocycles. The van der Waals surface area contributed by atoms with Crippen molar-refractivity contribution in [2.75, 3.05) is 16.8 Å². The average molecular weight is 289 g/mol. The number of nitrogen functional groups attached to an aromatic ring is 1. The van der Waals surface area contributed by atoms with Crippen LogP contribution in [-0.4, -0.2) is 16.2 Å². The van der Waals surface area contributed by atoms with Gasteiger partial charge in [0.2, 0.25) is 0 Å². The lowest BCUT2D eigenvalue weighted by Crippen LogP contribution is -2.16. The molecule has 2 rings (SSSR count). The quantitative estimate of drug-likeness (QED) is 0.829. The van der Waals surface area contributed by atoms with Crippen LogP contribution in [0, 0.1) is 0 Å². The molecule has 5 heteroatoms. The molecule has 0 spiro atoms. The van der Waals surface area contributed by atoms with Crippen LogP contribution in [0.5, 0.6) is 0 Å². The number of aromatic nitrogens is 1. The fourth-order valence-electron chi connectivity index (χ4n) is 2.02. The van der Waals surface area contributed by atoms with Crippen molar-refractivity contribution in [1.82, 2.24) is 4.57 Å². The Morgan fingerprint density at radius 2 is 2.10 bits per heavy atom. The van der Waals surface area contributed by atoms with E-state index in [0.717, 1.165) is 16.3 Å².